The highest BCUT2D eigenvalue weighted by Gasteiger charge is 2.08. The topological polar surface area (TPSA) is 111 Å². The van der Waals surface area contributed by atoms with Gasteiger partial charge < -0.3 is 0 Å². The minimum Gasteiger partial charge on any atom is -0.289 e. The third-order valence-corrected chi connectivity index (χ3v) is 2.62. The number of anilines is 3. The molecule has 0 bridgehead atoms. The van der Waals surface area contributed by atoms with Crippen molar-refractivity contribution < 1.29 is 0 Å². The van der Waals surface area contributed by atoms with Crippen LogP contribution in [-0.2, 0) is 0 Å². The van der Waals surface area contributed by atoms with Gasteiger partial charge in [-0.05, 0) is 41.0 Å². The van der Waals surface area contributed by atoms with E-state index in [4.69, 9.17) is 0 Å². The molecule has 22 heavy (non-hydrogen) atoms. The Labute approximate surface area is 132 Å². The molecule has 0 saturated heterocycles. The number of nitrogens with one attached hydrogen (secondary N) is 6. The van der Waals surface area contributed by atoms with Crippen LogP contribution in [0.1, 0.15) is 48.0 Å². The van der Waals surface area contributed by atoms with Crippen molar-refractivity contribution in [3.05, 3.63) is 0 Å². The van der Waals surface area contributed by atoms with E-state index >= 15 is 0 Å². The lowest BCUT2D eigenvalue weighted by atomic mass is 10.3. The van der Waals surface area contributed by atoms with Gasteiger partial charge in [0.15, 0.2) is 0 Å². The minimum absolute atomic E-state index is 0.261. The predicted molar refractivity (Wildman–Crippen MR) is 90.1 cm³/mol. The molecule has 9 heteroatoms. The third-order valence-electron chi connectivity index (χ3n) is 2.62. The Morgan fingerprint density at radius 1 is 0.682 bits per heavy atom. The highest BCUT2D eigenvalue weighted by molar-refractivity contribution is 5.40. The number of hydrazine groups is 3. The van der Waals surface area contributed by atoms with E-state index in [2.05, 4.69) is 61.4 Å². The molecule has 0 aromatic carbocycles. The molecule has 1 rings (SSSR count). The summed E-state index contributed by atoms with van der Waals surface area (Å²) in [5.41, 5.74) is 18.2. The minimum atomic E-state index is 0.261. The van der Waals surface area contributed by atoms with E-state index < -0.39 is 0 Å². The van der Waals surface area contributed by atoms with Crippen LogP contribution in [0.4, 0.5) is 17.8 Å². The van der Waals surface area contributed by atoms with Crippen LogP contribution in [0.15, 0.2) is 0 Å². The van der Waals surface area contributed by atoms with Gasteiger partial charge in [-0.3, -0.25) is 16.3 Å². The average molecular weight is 311 g/mol. The van der Waals surface area contributed by atoms with Gasteiger partial charge in [0.25, 0.3) is 0 Å². The Hall–Kier alpha value is -1.71. The summed E-state index contributed by atoms with van der Waals surface area (Å²) < 4.78 is 0. The zero-order valence-corrected chi connectivity index (χ0v) is 14.3. The van der Waals surface area contributed by atoms with Crippen LogP contribution in [0.2, 0.25) is 0 Å². The maximum Gasteiger partial charge on any atom is 0.244 e. The molecule has 0 amide bonds. The molecule has 0 saturated carbocycles. The molecule has 126 valence electrons. The van der Waals surface area contributed by atoms with Crippen molar-refractivity contribution in [1.29, 1.82) is 0 Å². The Bertz CT molecular complexity index is 405. The summed E-state index contributed by atoms with van der Waals surface area (Å²) in [4.78, 5) is 12.9. The second-order valence-corrected chi connectivity index (χ2v) is 5.73. The largest absolute Gasteiger partial charge is 0.289 e. The highest BCUT2D eigenvalue weighted by atomic mass is 15.5. The van der Waals surface area contributed by atoms with Crippen LogP contribution in [0.25, 0.3) is 0 Å². The predicted octanol–water partition coefficient (Wildman–Crippen LogP) is 1.24. The van der Waals surface area contributed by atoms with E-state index in [-0.39, 0.29) is 12.1 Å². The fraction of sp³-hybridized carbons (Fsp3) is 0.769. The summed E-state index contributed by atoms with van der Waals surface area (Å²) >= 11 is 0. The van der Waals surface area contributed by atoms with Crippen LogP contribution in [0.3, 0.4) is 0 Å². The lowest BCUT2D eigenvalue weighted by Crippen LogP contribution is -2.34. The maximum atomic E-state index is 4.30. The van der Waals surface area contributed by atoms with E-state index in [1.807, 2.05) is 27.7 Å². The SMILES string of the molecule is CCC(C)NNc1nc(NNC(C)C)nc(NNC(C)C)n1. The average Bonchev–Trinajstić information content (AvgIpc) is 2.48. The number of hydrogen-bond donors (Lipinski definition) is 6. The molecule has 0 spiro atoms. The lowest BCUT2D eigenvalue weighted by molar-refractivity contribution is 0.582. The Balaban J connectivity index is 2.78. The Morgan fingerprint density at radius 2 is 1.05 bits per heavy atom. The summed E-state index contributed by atoms with van der Waals surface area (Å²) in [5.74, 6) is 1.31. The van der Waals surface area contributed by atoms with Gasteiger partial charge in [0.05, 0.1) is 0 Å². The van der Waals surface area contributed by atoms with Crippen molar-refractivity contribution in [2.24, 2.45) is 0 Å². The lowest BCUT2D eigenvalue weighted by Gasteiger charge is -2.16. The number of nitrogens with zero attached hydrogens (tertiary/aromatic N) is 3. The van der Waals surface area contributed by atoms with E-state index in [9.17, 15) is 0 Å². The first-order valence-corrected chi connectivity index (χ1v) is 7.71. The molecule has 1 aromatic heterocycles. The molecular formula is C13H29N9. The van der Waals surface area contributed by atoms with Crippen LogP contribution < -0.4 is 32.6 Å². The molecular weight excluding hydrogens is 282 g/mol. The second-order valence-electron chi connectivity index (χ2n) is 5.73. The first-order chi connectivity index (χ1) is 10.4. The van der Waals surface area contributed by atoms with Crippen molar-refractivity contribution in [2.45, 2.75) is 66.1 Å². The smallest absolute Gasteiger partial charge is 0.244 e. The number of rotatable bonds is 10. The van der Waals surface area contributed by atoms with Crippen LogP contribution in [0, 0.1) is 0 Å². The van der Waals surface area contributed by atoms with Gasteiger partial charge in [-0.25, -0.2) is 16.3 Å². The zero-order valence-electron chi connectivity index (χ0n) is 14.3. The molecule has 1 heterocycles. The van der Waals surface area contributed by atoms with Gasteiger partial charge in [0.2, 0.25) is 17.8 Å². The zero-order chi connectivity index (χ0) is 16.5. The normalized spacial score (nSPS) is 12.5. The molecule has 1 aromatic rings. The molecule has 9 nitrogen and oxygen atoms in total. The summed E-state index contributed by atoms with van der Waals surface area (Å²) in [6.07, 6.45) is 0.998. The van der Waals surface area contributed by atoms with Crippen LogP contribution in [-0.4, -0.2) is 33.1 Å². The molecule has 0 radical (unpaired) electrons. The number of aromatic nitrogens is 3. The molecule has 0 aliphatic carbocycles. The van der Waals surface area contributed by atoms with Crippen molar-refractivity contribution >= 4 is 17.8 Å². The summed E-state index contributed by atoms with van der Waals surface area (Å²) in [6, 6.07) is 0.834. The summed E-state index contributed by atoms with van der Waals surface area (Å²) in [6.45, 7) is 12.3. The molecule has 1 atom stereocenters. The Morgan fingerprint density at radius 3 is 1.36 bits per heavy atom. The van der Waals surface area contributed by atoms with E-state index in [1.54, 1.807) is 0 Å². The van der Waals surface area contributed by atoms with Gasteiger partial charge in [-0.2, -0.15) is 15.0 Å². The van der Waals surface area contributed by atoms with Crippen LogP contribution >= 0.6 is 0 Å². The molecule has 0 aliphatic heterocycles. The monoisotopic (exact) mass is 311 g/mol. The van der Waals surface area contributed by atoms with Gasteiger partial charge in [0.1, 0.15) is 0 Å². The van der Waals surface area contributed by atoms with Crippen molar-refractivity contribution in [3.8, 4) is 0 Å². The van der Waals surface area contributed by atoms with E-state index in [0.717, 1.165) is 6.42 Å². The van der Waals surface area contributed by atoms with Crippen LogP contribution in [0.5, 0.6) is 0 Å². The standard InChI is InChI=1S/C13H29N9/c1-7-10(6)19-22-13-15-11(20-17-8(2)3)14-12(16-13)21-18-9(4)5/h8-10,17-19H,7H2,1-6H3,(H3,14,15,16,20,21,22). The van der Waals surface area contributed by atoms with E-state index in [1.165, 1.54) is 0 Å². The molecule has 0 aliphatic rings. The Kier molecular flexibility index (Phi) is 7.78. The van der Waals surface area contributed by atoms with Crippen molar-refractivity contribution in [1.82, 2.24) is 31.2 Å². The quantitative estimate of drug-likeness (QED) is 0.355. The highest BCUT2D eigenvalue weighted by Crippen LogP contribution is 2.08. The second kappa shape index (κ2) is 9.34. The molecule has 0 fully saturated rings. The van der Waals surface area contributed by atoms with E-state index in [0.29, 0.717) is 23.9 Å². The van der Waals surface area contributed by atoms with Gasteiger partial charge in [-0.15, -0.1) is 0 Å². The molecule has 6 N–H and O–H groups in total. The van der Waals surface area contributed by atoms with Gasteiger partial charge >= 0.3 is 0 Å². The van der Waals surface area contributed by atoms with Crippen molar-refractivity contribution in [3.63, 3.8) is 0 Å². The summed E-state index contributed by atoms with van der Waals surface area (Å²) in [7, 11) is 0. The fourth-order valence-electron chi connectivity index (χ4n) is 1.25. The fourth-order valence-corrected chi connectivity index (χ4v) is 1.25. The molecule has 1 unspecified atom stereocenters. The van der Waals surface area contributed by atoms with Gasteiger partial charge in [0, 0.05) is 18.1 Å². The van der Waals surface area contributed by atoms with Gasteiger partial charge in [-0.1, -0.05) is 6.92 Å². The third kappa shape index (κ3) is 7.34. The maximum absolute atomic E-state index is 4.30. The summed E-state index contributed by atoms with van der Waals surface area (Å²) in [5, 5.41) is 0. The van der Waals surface area contributed by atoms with Crippen molar-refractivity contribution in [2.75, 3.05) is 16.3 Å². The first kappa shape index (κ1) is 18.3. The number of hydrogen-bond acceptors (Lipinski definition) is 9. The first-order valence-electron chi connectivity index (χ1n) is 7.71.